The van der Waals surface area contributed by atoms with Gasteiger partial charge in [-0.25, -0.2) is 8.78 Å². The molecule has 1 fully saturated rings. The van der Waals surface area contributed by atoms with E-state index in [0.29, 0.717) is 21.6 Å². The smallest absolute Gasteiger partial charge is 0.256 e. The third-order valence-electron chi connectivity index (χ3n) is 5.68. The van der Waals surface area contributed by atoms with Crippen molar-refractivity contribution in [3.8, 4) is 0 Å². The first-order valence-electron chi connectivity index (χ1n) is 10.1. The number of piperazine rings is 1. The quantitative estimate of drug-likeness (QED) is 0.464. The Labute approximate surface area is 204 Å². The molecule has 3 aromatic rings. The van der Waals surface area contributed by atoms with E-state index in [9.17, 15) is 18.7 Å². The van der Waals surface area contributed by atoms with Crippen molar-refractivity contribution in [1.82, 2.24) is 4.90 Å². The molecule has 1 saturated heterocycles. The van der Waals surface area contributed by atoms with Crippen molar-refractivity contribution in [3.05, 3.63) is 98.5 Å². The highest BCUT2D eigenvalue weighted by atomic mass is 35.5. The summed E-state index contributed by atoms with van der Waals surface area (Å²) in [6.45, 7) is 0.821. The van der Waals surface area contributed by atoms with Gasteiger partial charge in [-0.05, 0) is 42.0 Å². The van der Waals surface area contributed by atoms with Gasteiger partial charge in [0.15, 0.2) is 17.7 Å². The topological polar surface area (TPSA) is 43.8 Å². The van der Waals surface area contributed by atoms with Crippen molar-refractivity contribution in [3.63, 3.8) is 0 Å². The Hall–Kier alpha value is -2.38. The van der Waals surface area contributed by atoms with Gasteiger partial charge in [0.2, 0.25) is 0 Å². The summed E-state index contributed by atoms with van der Waals surface area (Å²) in [6, 6.07) is 15.4. The lowest BCUT2D eigenvalue weighted by molar-refractivity contribution is -0.141. The Balaban J connectivity index is 1.65. The molecule has 0 aliphatic carbocycles. The molecule has 0 spiro atoms. The summed E-state index contributed by atoms with van der Waals surface area (Å²) in [4.78, 5) is 16.5. The molecule has 4 nitrogen and oxygen atoms in total. The van der Waals surface area contributed by atoms with Gasteiger partial charge in [0.25, 0.3) is 5.91 Å². The highest BCUT2D eigenvalue weighted by Gasteiger charge is 2.35. The fraction of sp³-hybridized carbons (Fsp3) is 0.208. The van der Waals surface area contributed by atoms with Crippen LogP contribution in [0.1, 0.15) is 23.3 Å². The zero-order chi connectivity index (χ0) is 23.7. The van der Waals surface area contributed by atoms with Gasteiger partial charge >= 0.3 is 0 Å². The molecule has 1 amide bonds. The Morgan fingerprint density at radius 2 is 1.67 bits per heavy atom. The molecule has 1 aliphatic heterocycles. The summed E-state index contributed by atoms with van der Waals surface area (Å²) in [5, 5.41) is 12.1. The predicted molar refractivity (Wildman–Crippen MR) is 126 cm³/mol. The lowest BCUT2D eigenvalue weighted by Crippen LogP contribution is -2.52. The van der Waals surface area contributed by atoms with Crippen LogP contribution in [-0.2, 0) is 4.79 Å². The van der Waals surface area contributed by atoms with Crippen LogP contribution in [0.5, 0.6) is 0 Å². The second kappa shape index (κ2) is 9.85. The van der Waals surface area contributed by atoms with Crippen LogP contribution in [0.3, 0.4) is 0 Å². The minimum atomic E-state index is -1.82. The van der Waals surface area contributed by atoms with Crippen LogP contribution in [-0.4, -0.2) is 35.5 Å². The first-order chi connectivity index (χ1) is 15.8. The fourth-order valence-corrected chi connectivity index (χ4v) is 4.64. The number of halogens is 5. The average Bonchev–Trinajstić information content (AvgIpc) is 2.80. The largest absolute Gasteiger partial charge is 0.378 e. The van der Waals surface area contributed by atoms with Crippen LogP contribution in [0, 0.1) is 11.6 Å². The van der Waals surface area contributed by atoms with Crippen LogP contribution in [0.2, 0.25) is 15.1 Å². The third-order valence-corrected chi connectivity index (χ3v) is 6.47. The minimum absolute atomic E-state index is 0.188. The van der Waals surface area contributed by atoms with E-state index in [4.69, 9.17) is 34.8 Å². The van der Waals surface area contributed by atoms with Crippen molar-refractivity contribution in [2.45, 2.75) is 12.1 Å². The van der Waals surface area contributed by atoms with Crippen molar-refractivity contribution >= 4 is 46.4 Å². The van der Waals surface area contributed by atoms with Crippen LogP contribution < -0.4 is 4.90 Å². The van der Waals surface area contributed by atoms with Crippen LogP contribution in [0.25, 0.3) is 0 Å². The first kappa shape index (κ1) is 23.8. The lowest BCUT2D eigenvalue weighted by atomic mass is 10.00. The fourth-order valence-electron chi connectivity index (χ4n) is 3.99. The molecule has 1 unspecified atom stereocenters. The standard InChI is InChI=1S/C24H19Cl3F2N2O2/c25-15-6-4-14(5-7-15)21-13-30(10-11-31(21)20-9-8-16(26)12-18(20)27)24(33)23(32)17-2-1-3-19(28)22(17)29/h1-9,12,21,23,32H,10-11,13H2/t21-,23?/m0/s1. The molecule has 0 saturated carbocycles. The summed E-state index contributed by atoms with van der Waals surface area (Å²) in [6.07, 6.45) is -1.82. The zero-order valence-corrected chi connectivity index (χ0v) is 19.5. The van der Waals surface area contributed by atoms with Gasteiger partial charge in [-0.3, -0.25) is 4.79 Å². The number of carbonyl (C=O) groups is 1. The summed E-state index contributed by atoms with van der Waals surface area (Å²) < 4.78 is 27.8. The number of rotatable bonds is 4. The molecule has 9 heteroatoms. The van der Waals surface area contributed by atoms with E-state index in [2.05, 4.69) is 0 Å². The van der Waals surface area contributed by atoms with Gasteiger partial charge in [-0.15, -0.1) is 0 Å². The number of anilines is 1. The monoisotopic (exact) mass is 510 g/mol. The van der Waals surface area contributed by atoms with E-state index in [0.717, 1.165) is 17.3 Å². The highest BCUT2D eigenvalue weighted by Crippen LogP contribution is 2.37. The second-order valence-electron chi connectivity index (χ2n) is 7.69. The van der Waals surface area contributed by atoms with Gasteiger partial charge < -0.3 is 14.9 Å². The number of amides is 1. The molecule has 4 rings (SSSR count). The molecule has 1 aliphatic rings. The molecular weight excluding hydrogens is 493 g/mol. The third kappa shape index (κ3) is 4.94. The van der Waals surface area contributed by atoms with Crippen molar-refractivity contribution in [2.24, 2.45) is 0 Å². The summed E-state index contributed by atoms with van der Waals surface area (Å²) in [5.41, 5.74) is 1.21. The molecule has 2 atom stereocenters. The summed E-state index contributed by atoms with van der Waals surface area (Å²) in [5.74, 6) is -3.07. The SMILES string of the molecule is O=C(C(O)c1cccc(F)c1F)N1CCN(c2ccc(Cl)cc2Cl)[C@H](c2ccc(Cl)cc2)C1. The van der Waals surface area contributed by atoms with Crippen LogP contribution in [0.15, 0.2) is 60.7 Å². The molecule has 1 heterocycles. The van der Waals surface area contributed by atoms with Crippen LogP contribution >= 0.6 is 34.8 Å². The van der Waals surface area contributed by atoms with E-state index in [1.165, 1.54) is 17.0 Å². The number of hydrogen-bond donors (Lipinski definition) is 1. The number of nitrogens with zero attached hydrogens (tertiary/aromatic N) is 2. The molecule has 172 valence electrons. The summed E-state index contributed by atoms with van der Waals surface area (Å²) in [7, 11) is 0. The first-order valence-corrected chi connectivity index (χ1v) is 11.3. The Bertz CT molecular complexity index is 1180. The van der Waals surface area contributed by atoms with Crippen LogP contribution in [0.4, 0.5) is 14.5 Å². The lowest BCUT2D eigenvalue weighted by Gasteiger charge is -2.44. The van der Waals surface area contributed by atoms with Crippen molar-refractivity contribution in [2.75, 3.05) is 24.5 Å². The highest BCUT2D eigenvalue weighted by molar-refractivity contribution is 6.36. The Morgan fingerprint density at radius 3 is 2.36 bits per heavy atom. The van der Waals surface area contributed by atoms with Gasteiger partial charge in [-0.2, -0.15) is 0 Å². The predicted octanol–water partition coefficient (Wildman–Crippen LogP) is 6.05. The van der Waals surface area contributed by atoms with Crippen molar-refractivity contribution < 1.29 is 18.7 Å². The normalized spacial score (nSPS) is 17.2. The number of aliphatic hydroxyl groups excluding tert-OH is 1. The maximum Gasteiger partial charge on any atom is 0.256 e. The maximum absolute atomic E-state index is 14.2. The number of hydrogen-bond acceptors (Lipinski definition) is 3. The molecule has 0 radical (unpaired) electrons. The Morgan fingerprint density at radius 1 is 0.970 bits per heavy atom. The van der Waals surface area contributed by atoms with E-state index in [1.54, 1.807) is 24.3 Å². The molecule has 3 aromatic carbocycles. The number of benzene rings is 3. The maximum atomic E-state index is 14.2. The van der Waals surface area contributed by atoms with Gasteiger partial charge in [0.05, 0.1) is 16.8 Å². The molecule has 0 aromatic heterocycles. The van der Waals surface area contributed by atoms with E-state index >= 15 is 0 Å². The Kier molecular flexibility index (Phi) is 7.10. The number of aliphatic hydroxyl groups is 1. The van der Waals surface area contributed by atoms with E-state index < -0.39 is 29.2 Å². The number of carbonyl (C=O) groups excluding carboxylic acids is 1. The molecule has 0 bridgehead atoms. The van der Waals surface area contributed by atoms with Gasteiger partial charge in [0, 0.05) is 35.2 Å². The minimum Gasteiger partial charge on any atom is -0.378 e. The molecular formula is C24H19Cl3F2N2O2. The second-order valence-corrected chi connectivity index (χ2v) is 8.97. The van der Waals surface area contributed by atoms with Gasteiger partial charge in [0.1, 0.15) is 0 Å². The summed E-state index contributed by atoms with van der Waals surface area (Å²) >= 11 is 18.6. The average molecular weight is 512 g/mol. The van der Waals surface area contributed by atoms with E-state index in [1.807, 2.05) is 23.1 Å². The molecule has 1 N–H and O–H groups in total. The van der Waals surface area contributed by atoms with Gasteiger partial charge in [-0.1, -0.05) is 59.1 Å². The van der Waals surface area contributed by atoms with E-state index in [-0.39, 0.29) is 19.1 Å². The van der Waals surface area contributed by atoms with Crippen molar-refractivity contribution in [1.29, 1.82) is 0 Å². The molecule has 33 heavy (non-hydrogen) atoms. The zero-order valence-electron chi connectivity index (χ0n) is 17.2.